The molecule has 18 heavy (non-hydrogen) atoms. The normalized spacial score (nSPS) is 17.7. The van der Waals surface area contributed by atoms with Gasteiger partial charge in [0.25, 0.3) is 0 Å². The molecule has 0 atom stereocenters. The van der Waals surface area contributed by atoms with Gasteiger partial charge in [-0.2, -0.15) is 0 Å². The van der Waals surface area contributed by atoms with E-state index < -0.39 is 0 Å². The van der Waals surface area contributed by atoms with E-state index in [9.17, 15) is 0 Å². The highest BCUT2D eigenvalue weighted by atomic mass is 35.5. The minimum atomic E-state index is 0.415. The van der Waals surface area contributed by atoms with Crippen LogP contribution in [0.4, 0.5) is 0 Å². The van der Waals surface area contributed by atoms with Gasteiger partial charge in [0.1, 0.15) is 0 Å². The van der Waals surface area contributed by atoms with Crippen molar-refractivity contribution in [3.63, 3.8) is 0 Å². The predicted octanol–water partition coefficient (Wildman–Crippen LogP) is 4.04. The number of benzene rings is 1. The Bertz CT molecular complexity index is 373. The lowest BCUT2D eigenvalue weighted by molar-refractivity contribution is 0.0310. The summed E-state index contributed by atoms with van der Waals surface area (Å²) in [5, 5.41) is 0.770. The third-order valence-corrected chi connectivity index (χ3v) is 3.98. The van der Waals surface area contributed by atoms with E-state index in [4.69, 9.17) is 22.1 Å². The maximum Gasteiger partial charge on any atom is 0.0735 e. The van der Waals surface area contributed by atoms with Crippen LogP contribution in [0.2, 0.25) is 5.02 Å². The van der Waals surface area contributed by atoms with E-state index in [0.717, 1.165) is 16.1 Å². The molecule has 0 unspecified atom stereocenters. The lowest BCUT2D eigenvalue weighted by Crippen LogP contribution is -2.11. The molecule has 1 aromatic rings. The number of hydrogen-bond acceptors (Lipinski definition) is 2. The fourth-order valence-corrected chi connectivity index (χ4v) is 2.71. The second kappa shape index (κ2) is 7.13. The summed E-state index contributed by atoms with van der Waals surface area (Å²) >= 11 is 6.22. The van der Waals surface area contributed by atoms with Crippen LogP contribution in [0, 0.1) is 0 Å². The Morgan fingerprint density at radius 1 is 1.17 bits per heavy atom. The molecule has 0 saturated heterocycles. The fraction of sp³-hybridized carbons (Fsp3) is 0.600. The molecule has 1 fully saturated rings. The van der Waals surface area contributed by atoms with E-state index in [2.05, 4.69) is 0 Å². The van der Waals surface area contributed by atoms with Crippen LogP contribution in [0.3, 0.4) is 0 Å². The van der Waals surface area contributed by atoms with Gasteiger partial charge in [-0.15, -0.1) is 0 Å². The van der Waals surface area contributed by atoms with Crippen LogP contribution < -0.4 is 5.73 Å². The Morgan fingerprint density at radius 3 is 2.50 bits per heavy atom. The molecule has 0 spiro atoms. The summed E-state index contributed by atoms with van der Waals surface area (Å²) in [6.45, 7) is 1.15. The van der Waals surface area contributed by atoms with Gasteiger partial charge in [0.2, 0.25) is 0 Å². The minimum Gasteiger partial charge on any atom is -0.373 e. The number of ether oxygens (including phenoxy) is 1. The standard InChI is InChI=1S/C15H22ClNO/c16-15-9-12(10-17)7-8-13(15)11-18-14-5-3-1-2-4-6-14/h7-9,14H,1-6,10-11,17H2. The van der Waals surface area contributed by atoms with Crippen molar-refractivity contribution in [2.45, 2.75) is 57.8 Å². The van der Waals surface area contributed by atoms with Crippen molar-refractivity contribution in [1.82, 2.24) is 0 Å². The van der Waals surface area contributed by atoms with Crippen molar-refractivity contribution in [2.75, 3.05) is 0 Å². The van der Waals surface area contributed by atoms with Crippen LogP contribution in [0.5, 0.6) is 0 Å². The highest BCUT2D eigenvalue weighted by Crippen LogP contribution is 2.23. The molecule has 0 heterocycles. The lowest BCUT2D eigenvalue weighted by Gasteiger charge is -2.16. The van der Waals surface area contributed by atoms with Gasteiger partial charge in [-0.3, -0.25) is 0 Å². The maximum absolute atomic E-state index is 6.22. The molecule has 1 aromatic carbocycles. The maximum atomic E-state index is 6.22. The van der Waals surface area contributed by atoms with Crippen LogP contribution in [-0.4, -0.2) is 6.10 Å². The second-order valence-electron chi connectivity index (χ2n) is 5.05. The Labute approximate surface area is 114 Å². The van der Waals surface area contributed by atoms with Gasteiger partial charge >= 0.3 is 0 Å². The zero-order chi connectivity index (χ0) is 12.8. The number of hydrogen-bond donors (Lipinski definition) is 1. The monoisotopic (exact) mass is 267 g/mol. The van der Waals surface area contributed by atoms with E-state index in [1.165, 1.54) is 38.5 Å². The van der Waals surface area contributed by atoms with Gasteiger partial charge in [0.15, 0.2) is 0 Å². The summed E-state index contributed by atoms with van der Waals surface area (Å²) in [7, 11) is 0. The molecule has 3 heteroatoms. The molecule has 1 aliphatic rings. The first-order chi connectivity index (χ1) is 8.79. The lowest BCUT2D eigenvalue weighted by atomic mass is 10.1. The van der Waals surface area contributed by atoms with E-state index >= 15 is 0 Å². The van der Waals surface area contributed by atoms with Crippen LogP contribution in [0.25, 0.3) is 0 Å². The summed E-state index contributed by atoms with van der Waals surface area (Å²) in [5.41, 5.74) is 7.72. The van der Waals surface area contributed by atoms with Crippen molar-refractivity contribution in [1.29, 1.82) is 0 Å². The van der Waals surface area contributed by atoms with Gasteiger partial charge in [-0.1, -0.05) is 49.4 Å². The van der Waals surface area contributed by atoms with Crippen molar-refractivity contribution in [3.05, 3.63) is 34.3 Å². The number of rotatable bonds is 4. The van der Waals surface area contributed by atoms with E-state index in [-0.39, 0.29) is 0 Å². The van der Waals surface area contributed by atoms with Gasteiger partial charge in [-0.05, 0) is 30.0 Å². The molecule has 0 amide bonds. The Kier molecular flexibility index (Phi) is 5.48. The first-order valence-corrected chi connectivity index (χ1v) is 7.26. The summed E-state index contributed by atoms with van der Waals surface area (Å²) in [4.78, 5) is 0. The smallest absolute Gasteiger partial charge is 0.0735 e. The molecule has 2 nitrogen and oxygen atoms in total. The molecule has 0 bridgehead atoms. The van der Waals surface area contributed by atoms with E-state index in [1.807, 2.05) is 18.2 Å². The van der Waals surface area contributed by atoms with E-state index in [1.54, 1.807) is 0 Å². The van der Waals surface area contributed by atoms with Gasteiger partial charge in [0.05, 0.1) is 12.7 Å². The average Bonchev–Trinajstić information content (AvgIpc) is 2.66. The van der Waals surface area contributed by atoms with Crippen molar-refractivity contribution < 1.29 is 4.74 Å². The molecular weight excluding hydrogens is 246 g/mol. The largest absolute Gasteiger partial charge is 0.373 e. The molecule has 0 radical (unpaired) electrons. The van der Waals surface area contributed by atoms with Crippen LogP contribution >= 0.6 is 11.6 Å². The van der Waals surface area contributed by atoms with Crippen molar-refractivity contribution in [3.8, 4) is 0 Å². The van der Waals surface area contributed by atoms with Gasteiger partial charge < -0.3 is 10.5 Å². The summed E-state index contributed by atoms with van der Waals surface area (Å²) in [6.07, 6.45) is 8.10. The first kappa shape index (κ1) is 13.9. The average molecular weight is 268 g/mol. The Hall–Kier alpha value is -0.570. The molecule has 1 aliphatic carbocycles. The zero-order valence-electron chi connectivity index (χ0n) is 10.8. The molecule has 2 N–H and O–H groups in total. The summed E-state index contributed by atoms with van der Waals surface area (Å²) in [6, 6.07) is 5.99. The third-order valence-electron chi connectivity index (χ3n) is 3.63. The Morgan fingerprint density at radius 2 is 1.89 bits per heavy atom. The van der Waals surface area contributed by atoms with Crippen molar-refractivity contribution in [2.24, 2.45) is 5.73 Å². The Balaban J connectivity index is 1.88. The molecule has 2 rings (SSSR count). The quantitative estimate of drug-likeness (QED) is 0.836. The third kappa shape index (κ3) is 3.98. The highest BCUT2D eigenvalue weighted by molar-refractivity contribution is 6.31. The molecule has 100 valence electrons. The molecule has 0 aromatic heterocycles. The molecular formula is C15H22ClNO. The van der Waals surface area contributed by atoms with Crippen LogP contribution in [-0.2, 0) is 17.9 Å². The second-order valence-corrected chi connectivity index (χ2v) is 5.46. The van der Waals surface area contributed by atoms with Crippen LogP contribution in [0.1, 0.15) is 49.7 Å². The molecule has 1 saturated carbocycles. The highest BCUT2D eigenvalue weighted by Gasteiger charge is 2.13. The minimum absolute atomic E-state index is 0.415. The van der Waals surface area contributed by atoms with E-state index in [0.29, 0.717) is 19.3 Å². The fourth-order valence-electron chi connectivity index (χ4n) is 2.45. The topological polar surface area (TPSA) is 35.2 Å². The first-order valence-electron chi connectivity index (χ1n) is 6.88. The number of nitrogens with two attached hydrogens (primary N) is 1. The summed E-state index contributed by atoms with van der Waals surface area (Å²) < 4.78 is 5.99. The zero-order valence-corrected chi connectivity index (χ0v) is 11.6. The van der Waals surface area contributed by atoms with Gasteiger partial charge in [0, 0.05) is 11.6 Å². The van der Waals surface area contributed by atoms with Crippen LogP contribution in [0.15, 0.2) is 18.2 Å². The number of halogens is 1. The van der Waals surface area contributed by atoms with Crippen molar-refractivity contribution >= 4 is 11.6 Å². The van der Waals surface area contributed by atoms with Gasteiger partial charge in [-0.25, -0.2) is 0 Å². The summed E-state index contributed by atoms with van der Waals surface area (Å²) in [5.74, 6) is 0. The molecule has 0 aliphatic heterocycles. The SMILES string of the molecule is NCc1ccc(COC2CCCCCC2)c(Cl)c1. The predicted molar refractivity (Wildman–Crippen MR) is 75.6 cm³/mol.